The van der Waals surface area contributed by atoms with Crippen LogP contribution in [0.3, 0.4) is 0 Å². The SMILES string of the molecule is O=c1c(Nc2ccc(F)cc2)c(-c2ccccc2)c1=O. The van der Waals surface area contributed by atoms with Gasteiger partial charge < -0.3 is 5.32 Å². The first-order valence-electron chi connectivity index (χ1n) is 6.08. The average molecular weight is 267 g/mol. The van der Waals surface area contributed by atoms with Crippen LogP contribution in [0.25, 0.3) is 11.1 Å². The zero-order valence-electron chi connectivity index (χ0n) is 10.4. The van der Waals surface area contributed by atoms with E-state index in [4.69, 9.17) is 0 Å². The van der Waals surface area contributed by atoms with Gasteiger partial charge in [-0.15, -0.1) is 0 Å². The number of nitrogens with one attached hydrogen (secondary N) is 1. The highest BCUT2D eigenvalue weighted by Gasteiger charge is 2.21. The molecular weight excluding hydrogens is 257 g/mol. The predicted octanol–water partition coefficient (Wildman–Crippen LogP) is 2.83. The van der Waals surface area contributed by atoms with Gasteiger partial charge in [-0.25, -0.2) is 4.39 Å². The quantitative estimate of drug-likeness (QED) is 0.742. The highest BCUT2D eigenvalue weighted by molar-refractivity contribution is 5.84. The van der Waals surface area contributed by atoms with Gasteiger partial charge in [-0.3, -0.25) is 9.59 Å². The molecule has 0 unspecified atom stereocenters. The van der Waals surface area contributed by atoms with Crippen LogP contribution < -0.4 is 16.2 Å². The van der Waals surface area contributed by atoms with Crippen molar-refractivity contribution in [1.29, 1.82) is 0 Å². The fourth-order valence-corrected chi connectivity index (χ4v) is 2.07. The maximum absolute atomic E-state index is 12.8. The second-order valence-corrected chi connectivity index (χ2v) is 4.41. The standard InChI is InChI=1S/C16H10FNO2/c17-11-6-8-12(9-7-11)18-14-13(15(19)16(14)20)10-4-2-1-3-5-10/h1-9,18H. The zero-order valence-corrected chi connectivity index (χ0v) is 10.4. The lowest BCUT2D eigenvalue weighted by Gasteiger charge is -2.13. The number of halogens is 1. The number of hydrogen-bond acceptors (Lipinski definition) is 3. The van der Waals surface area contributed by atoms with Gasteiger partial charge in [0.15, 0.2) is 0 Å². The topological polar surface area (TPSA) is 46.2 Å². The van der Waals surface area contributed by atoms with Crippen molar-refractivity contribution < 1.29 is 4.39 Å². The fraction of sp³-hybridized carbons (Fsp3) is 0. The smallest absolute Gasteiger partial charge is 0.250 e. The van der Waals surface area contributed by atoms with Crippen LogP contribution in [-0.2, 0) is 0 Å². The van der Waals surface area contributed by atoms with Crippen molar-refractivity contribution in [2.75, 3.05) is 5.32 Å². The maximum Gasteiger partial charge on any atom is 0.250 e. The summed E-state index contributed by atoms with van der Waals surface area (Å²) >= 11 is 0. The maximum atomic E-state index is 12.8. The fourth-order valence-electron chi connectivity index (χ4n) is 2.07. The van der Waals surface area contributed by atoms with Crippen LogP contribution in [0.2, 0.25) is 0 Å². The van der Waals surface area contributed by atoms with Gasteiger partial charge in [0.1, 0.15) is 11.5 Å². The molecule has 0 aliphatic carbocycles. The van der Waals surface area contributed by atoms with E-state index in [-0.39, 0.29) is 11.5 Å². The van der Waals surface area contributed by atoms with Crippen LogP contribution in [0.4, 0.5) is 15.8 Å². The molecule has 1 N–H and O–H groups in total. The minimum Gasteiger partial charge on any atom is -0.352 e. The summed E-state index contributed by atoms with van der Waals surface area (Å²) in [6.45, 7) is 0. The molecule has 0 fully saturated rings. The van der Waals surface area contributed by atoms with Crippen molar-refractivity contribution in [2.45, 2.75) is 0 Å². The zero-order chi connectivity index (χ0) is 14.1. The van der Waals surface area contributed by atoms with Crippen LogP contribution >= 0.6 is 0 Å². The van der Waals surface area contributed by atoms with Gasteiger partial charge in [0.05, 0.1) is 5.56 Å². The van der Waals surface area contributed by atoms with Gasteiger partial charge >= 0.3 is 0 Å². The van der Waals surface area contributed by atoms with E-state index in [0.29, 0.717) is 16.8 Å². The minimum atomic E-state index is -0.548. The van der Waals surface area contributed by atoms with Crippen LogP contribution in [0, 0.1) is 5.82 Å². The molecule has 3 aromatic rings. The Morgan fingerprint density at radius 2 is 1.45 bits per heavy atom. The Kier molecular flexibility index (Phi) is 2.91. The van der Waals surface area contributed by atoms with Crippen LogP contribution in [0.1, 0.15) is 0 Å². The Morgan fingerprint density at radius 1 is 0.800 bits per heavy atom. The summed E-state index contributed by atoms with van der Waals surface area (Å²) in [6, 6.07) is 14.6. The summed E-state index contributed by atoms with van der Waals surface area (Å²) in [5.74, 6) is -0.358. The Labute approximate surface area is 114 Å². The van der Waals surface area contributed by atoms with Gasteiger partial charge in [-0.1, -0.05) is 30.3 Å². The van der Waals surface area contributed by atoms with Gasteiger partial charge in [0, 0.05) is 5.69 Å². The molecule has 0 saturated carbocycles. The summed E-state index contributed by atoms with van der Waals surface area (Å²) in [5.41, 5.74) is 0.846. The third kappa shape index (κ3) is 2.01. The normalized spacial score (nSPS) is 10.7. The van der Waals surface area contributed by atoms with Crippen molar-refractivity contribution in [3.8, 4) is 11.1 Å². The Bertz CT molecular complexity index is 816. The third-order valence-corrected chi connectivity index (χ3v) is 3.09. The Hall–Kier alpha value is -2.75. The number of rotatable bonds is 3. The highest BCUT2D eigenvalue weighted by Crippen LogP contribution is 2.26. The molecule has 4 heteroatoms. The van der Waals surface area contributed by atoms with E-state index in [1.807, 2.05) is 6.07 Å². The largest absolute Gasteiger partial charge is 0.352 e. The molecule has 3 nitrogen and oxygen atoms in total. The molecule has 0 radical (unpaired) electrons. The lowest BCUT2D eigenvalue weighted by Crippen LogP contribution is -2.35. The van der Waals surface area contributed by atoms with Crippen molar-refractivity contribution in [3.05, 3.63) is 80.9 Å². The molecule has 0 aromatic heterocycles. The van der Waals surface area contributed by atoms with E-state index in [9.17, 15) is 14.0 Å². The molecule has 0 aliphatic rings. The molecule has 3 rings (SSSR count). The lowest BCUT2D eigenvalue weighted by molar-refractivity contribution is 0.628. The van der Waals surface area contributed by atoms with Crippen molar-refractivity contribution in [3.63, 3.8) is 0 Å². The number of hydrogen-bond donors (Lipinski definition) is 1. The second-order valence-electron chi connectivity index (χ2n) is 4.41. The van der Waals surface area contributed by atoms with Gasteiger partial charge in [-0.2, -0.15) is 0 Å². The van der Waals surface area contributed by atoms with Crippen LogP contribution in [0.5, 0.6) is 0 Å². The predicted molar refractivity (Wildman–Crippen MR) is 76.5 cm³/mol. The second kappa shape index (κ2) is 4.74. The van der Waals surface area contributed by atoms with E-state index in [1.54, 1.807) is 24.3 Å². The lowest BCUT2D eigenvalue weighted by atomic mass is 9.98. The van der Waals surface area contributed by atoms with E-state index in [2.05, 4.69) is 5.32 Å². The van der Waals surface area contributed by atoms with Crippen molar-refractivity contribution in [2.24, 2.45) is 0 Å². The molecule has 0 heterocycles. The highest BCUT2D eigenvalue weighted by atomic mass is 19.1. The van der Waals surface area contributed by atoms with Crippen molar-refractivity contribution >= 4 is 11.4 Å². The van der Waals surface area contributed by atoms with E-state index >= 15 is 0 Å². The molecule has 0 atom stereocenters. The molecule has 0 bridgehead atoms. The van der Waals surface area contributed by atoms with E-state index in [0.717, 1.165) is 0 Å². The average Bonchev–Trinajstić information content (AvgIpc) is 2.49. The summed E-state index contributed by atoms with van der Waals surface area (Å²) in [7, 11) is 0. The summed E-state index contributed by atoms with van der Waals surface area (Å²) < 4.78 is 12.8. The van der Waals surface area contributed by atoms with Crippen molar-refractivity contribution in [1.82, 2.24) is 0 Å². The third-order valence-electron chi connectivity index (χ3n) is 3.09. The minimum absolute atomic E-state index is 0.257. The molecule has 3 aromatic carbocycles. The number of benzene rings is 2. The molecule has 0 spiro atoms. The van der Waals surface area contributed by atoms with Gasteiger partial charge in [0.25, 0.3) is 5.43 Å². The molecule has 0 aliphatic heterocycles. The molecule has 0 saturated heterocycles. The first-order chi connectivity index (χ1) is 9.66. The summed E-state index contributed by atoms with van der Waals surface area (Å²) in [6.07, 6.45) is 0. The van der Waals surface area contributed by atoms with Gasteiger partial charge in [-0.05, 0) is 29.8 Å². The monoisotopic (exact) mass is 267 g/mol. The summed E-state index contributed by atoms with van der Waals surface area (Å²) in [5, 5.41) is 2.88. The van der Waals surface area contributed by atoms with Crippen LogP contribution in [0.15, 0.2) is 64.2 Å². The first-order valence-corrected chi connectivity index (χ1v) is 6.08. The number of anilines is 2. The Morgan fingerprint density at radius 3 is 2.10 bits per heavy atom. The summed E-state index contributed by atoms with van der Waals surface area (Å²) in [4.78, 5) is 23.4. The molecule has 98 valence electrons. The molecular formula is C16H10FNO2. The Balaban J connectivity index is 2.00. The molecule has 0 amide bonds. The van der Waals surface area contributed by atoms with Crippen LogP contribution in [-0.4, -0.2) is 0 Å². The molecule has 20 heavy (non-hydrogen) atoms. The first kappa shape index (κ1) is 12.3. The van der Waals surface area contributed by atoms with Gasteiger partial charge in [0.2, 0.25) is 5.43 Å². The van der Waals surface area contributed by atoms with E-state index < -0.39 is 10.9 Å². The van der Waals surface area contributed by atoms with E-state index in [1.165, 1.54) is 24.3 Å².